The minimum atomic E-state index is 0.702. The topological polar surface area (TPSA) is 21.3 Å². The van der Waals surface area contributed by atoms with Crippen LogP contribution >= 0.6 is 0 Å². The van der Waals surface area contributed by atoms with Crippen LogP contribution in [-0.2, 0) is 6.42 Å². The first-order chi connectivity index (χ1) is 7.90. The zero-order chi connectivity index (χ0) is 11.0. The van der Waals surface area contributed by atoms with Crippen LogP contribution in [0.4, 0.5) is 0 Å². The lowest BCUT2D eigenvalue weighted by atomic mass is 9.92. The Morgan fingerprint density at radius 2 is 2.25 bits per heavy atom. The summed E-state index contributed by atoms with van der Waals surface area (Å²) in [7, 11) is 1.77. The van der Waals surface area contributed by atoms with E-state index < -0.39 is 0 Å². The van der Waals surface area contributed by atoms with Gasteiger partial charge in [0.05, 0.1) is 7.11 Å². The Morgan fingerprint density at radius 1 is 1.31 bits per heavy atom. The van der Waals surface area contributed by atoms with Gasteiger partial charge in [0.15, 0.2) is 0 Å². The maximum absolute atomic E-state index is 5.45. The number of rotatable bonds is 2. The van der Waals surface area contributed by atoms with Gasteiger partial charge >= 0.3 is 0 Å². The summed E-state index contributed by atoms with van der Waals surface area (Å²) in [6.07, 6.45) is 5.14. The summed E-state index contributed by atoms with van der Waals surface area (Å²) in [6, 6.07) is 7.21. The molecular formula is C14H19NO. The van der Waals surface area contributed by atoms with Gasteiger partial charge in [-0.15, -0.1) is 0 Å². The number of benzene rings is 1. The van der Waals surface area contributed by atoms with Gasteiger partial charge in [-0.05, 0) is 55.3 Å². The van der Waals surface area contributed by atoms with Crippen LogP contribution in [0.5, 0.6) is 5.75 Å². The van der Waals surface area contributed by atoms with Crippen LogP contribution < -0.4 is 10.1 Å². The second kappa shape index (κ2) is 4.10. The molecule has 2 aliphatic rings. The second-order valence-electron chi connectivity index (χ2n) is 4.88. The first kappa shape index (κ1) is 10.2. The molecule has 1 saturated heterocycles. The van der Waals surface area contributed by atoms with Gasteiger partial charge in [0.1, 0.15) is 5.75 Å². The van der Waals surface area contributed by atoms with Gasteiger partial charge in [-0.2, -0.15) is 0 Å². The number of methoxy groups -OCH3 is 1. The van der Waals surface area contributed by atoms with E-state index in [0.29, 0.717) is 12.0 Å². The molecule has 2 heteroatoms. The van der Waals surface area contributed by atoms with Gasteiger partial charge in [-0.1, -0.05) is 12.1 Å². The third-order valence-electron chi connectivity index (χ3n) is 4.08. The van der Waals surface area contributed by atoms with Crippen molar-refractivity contribution in [3.8, 4) is 5.75 Å². The summed E-state index contributed by atoms with van der Waals surface area (Å²) in [4.78, 5) is 0. The number of ether oxygens (including phenoxy) is 1. The van der Waals surface area contributed by atoms with Gasteiger partial charge in [-0.3, -0.25) is 0 Å². The highest BCUT2D eigenvalue weighted by atomic mass is 16.5. The van der Waals surface area contributed by atoms with E-state index in [1.807, 2.05) is 0 Å². The summed E-state index contributed by atoms with van der Waals surface area (Å²) in [5.41, 5.74) is 2.97. The molecule has 1 aromatic carbocycles. The first-order valence-corrected chi connectivity index (χ1v) is 6.29. The van der Waals surface area contributed by atoms with Crippen LogP contribution in [0.25, 0.3) is 0 Å². The normalized spacial score (nSPS) is 28.1. The van der Waals surface area contributed by atoms with Crippen molar-refractivity contribution in [2.45, 2.75) is 37.6 Å². The molecular weight excluding hydrogens is 198 g/mol. The molecule has 2 atom stereocenters. The van der Waals surface area contributed by atoms with Crippen molar-refractivity contribution in [2.24, 2.45) is 0 Å². The van der Waals surface area contributed by atoms with Crippen molar-refractivity contribution in [3.63, 3.8) is 0 Å². The number of hydrogen-bond donors (Lipinski definition) is 1. The highest BCUT2D eigenvalue weighted by Crippen LogP contribution is 2.41. The minimum Gasteiger partial charge on any atom is -0.496 e. The molecule has 0 radical (unpaired) electrons. The van der Waals surface area contributed by atoms with Crippen LogP contribution in [0.2, 0.25) is 0 Å². The largest absolute Gasteiger partial charge is 0.496 e. The van der Waals surface area contributed by atoms with Gasteiger partial charge in [0.2, 0.25) is 0 Å². The lowest BCUT2D eigenvalue weighted by Crippen LogP contribution is -2.27. The van der Waals surface area contributed by atoms with E-state index in [1.54, 1.807) is 7.11 Å². The van der Waals surface area contributed by atoms with Crippen LogP contribution in [0, 0.1) is 0 Å². The average molecular weight is 217 g/mol. The van der Waals surface area contributed by atoms with Crippen molar-refractivity contribution in [1.29, 1.82) is 0 Å². The molecule has 1 aromatic rings. The van der Waals surface area contributed by atoms with E-state index in [-0.39, 0.29) is 0 Å². The number of fused-ring (bicyclic) bond motifs is 1. The predicted octanol–water partition coefficient (Wildman–Crippen LogP) is 2.48. The molecule has 16 heavy (non-hydrogen) atoms. The van der Waals surface area contributed by atoms with E-state index in [1.165, 1.54) is 43.4 Å². The molecule has 0 saturated carbocycles. The predicted molar refractivity (Wildman–Crippen MR) is 65.1 cm³/mol. The summed E-state index contributed by atoms with van der Waals surface area (Å²) < 4.78 is 5.45. The van der Waals surface area contributed by atoms with Crippen LogP contribution in [0.15, 0.2) is 18.2 Å². The van der Waals surface area contributed by atoms with Gasteiger partial charge in [-0.25, -0.2) is 0 Å². The molecule has 86 valence electrons. The van der Waals surface area contributed by atoms with E-state index in [0.717, 1.165) is 5.75 Å². The Morgan fingerprint density at radius 3 is 3.00 bits per heavy atom. The lowest BCUT2D eigenvalue weighted by Gasteiger charge is -2.20. The highest BCUT2D eigenvalue weighted by Gasteiger charge is 2.32. The zero-order valence-electron chi connectivity index (χ0n) is 9.83. The maximum atomic E-state index is 5.45. The molecule has 1 N–H and O–H groups in total. The molecule has 1 fully saturated rings. The Kier molecular flexibility index (Phi) is 2.60. The second-order valence-corrected chi connectivity index (χ2v) is 4.88. The molecule has 3 rings (SSSR count). The van der Waals surface area contributed by atoms with E-state index in [2.05, 4.69) is 23.5 Å². The van der Waals surface area contributed by atoms with Crippen molar-refractivity contribution in [1.82, 2.24) is 5.32 Å². The molecule has 2 nitrogen and oxygen atoms in total. The van der Waals surface area contributed by atoms with Crippen LogP contribution in [-0.4, -0.2) is 19.7 Å². The third kappa shape index (κ3) is 1.52. The van der Waals surface area contributed by atoms with Crippen LogP contribution in [0.1, 0.15) is 36.3 Å². The van der Waals surface area contributed by atoms with Crippen molar-refractivity contribution in [3.05, 3.63) is 29.3 Å². The highest BCUT2D eigenvalue weighted by molar-refractivity contribution is 5.46. The summed E-state index contributed by atoms with van der Waals surface area (Å²) in [6.45, 7) is 1.19. The standard InChI is InChI=1S/C14H19NO/c1-16-14-6-2-4-10-11(7-8-12(10)14)13-5-3-9-15-13/h2,4,6,11,13,15H,3,5,7-9H2,1H3. The quantitative estimate of drug-likeness (QED) is 0.821. The smallest absolute Gasteiger partial charge is 0.122 e. The fourth-order valence-corrected chi connectivity index (χ4v) is 3.32. The van der Waals surface area contributed by atoms with Gasteiger partial charge in [0.25, 0.3) is 0 Å². The molecule has 0 aromatic heterocycles. The Labute approximate surface area is 97.0 Å². The third-order valence-corrected chi connectivity index (χ3v) is 4.08. The lowest BCUT2D eigenvalue weighted by molar-refractivity contribution is 0.410. The average Bonchev–Trinajstić information content (AvgIpc) is 2.96. The van der Waals surface area contributed by atoms with Crippen molar-refractivity contribution in [2.75, 3.05) is 13.7 Å². The molecule has 1 aliphatic heterocycles. The molecule has 2 unspecified atom stereocenters. The summed E-state index contributed by atoms with van der Waals surface area (Å²) >= 11 is 0. The minimum absolute atomic E-state index is 0.702. The van der Waals surface area contributed by atoms with E-state index >= 15 is 0 Å². The zero-order valence-corrected chi connectivity index (χ0v) is 9.83. The van der Waals surface area contributed by atoms with Crippen LogP contribution in [0.3, 0.4) is 0 Å². The van der Waals surface area contributed by atoms with E-state index in [9.17, 15) is 0 Å². The first-order valence-electron chi connectivity index (χ1n) is 6.29. The fourth-order valence-electron chi connectivity index (χ4n) is 3.32. The SMILES string of the molecule is COc1cccc2c1CCC2C1CCCN1. The molecule has 0 spiro atoms. The summed E-state index contributed by atoms with van der Waals surface area (Å²) in [5.74, 6) is 1.80. The Bertz CT molecular complexity index is 382. The molecule has 0 amide bonds. The summed E-state index contributed by atoms with van der Waals surface area (Å²) in [5, 5.41) is 3.64. The van der Waals surface area contributed by atoms with Gasteiger partial charge in [0, 0.05) is 6.04 Å². The van der Waals surface area contributed by atoms with E-state index in [4.69, 9.17) is 4.74 Å². The number of hydrogen-bond acceptors (Lipinski definition) is 2. The number of nitrogens with one attached hydrogen (secondary N) is 1. The maximum Gasteiger partial charge on any atom is 0.122 e. The molecule has 1 heterocycles. The Balaban J connectivity index is 1.93. The van der Waals surface area contributed by atoms with Crippen molar-refractivity contribution < 1.29 is 4.74 Å². The van der Waals surface area contributed by atoms with Gasteiger partial charge < -0.3 is 10.1 Å². The fraction of sp³-hybridized carbons (Fsp3) is 0.571. The van der Waals surface area contributed by atoms with Crippen molar-refractivity contribution >= 4 is 0 Å². The molecule has 1 aliphatic carbocycles. The monoisotopic (exact) mass is 217 g/mol. The molecule has 0 bridgehead atoms. The Hall–Kier alpha value is -1.02.